The molecule has 0 saturated heterocycles. The molecule has 0 spiro atoms. The number of hydrogen-bond acceptors (Lipinski definition) is 4. The molecule has 1 aromatic rings. The van der Waals surface area contributed by atoms with Crippen molar-refractivity contribution in [3.8, 4) is 0 Å². The van der Waals surface area contributed by atoms with Gasteiger partial charge in [-0.05, 0) is 31.4 Å². The molecule has 19 heavy (non-hydrogen) atoms. The van der Waals surface area contributed by atoms with E-state index in [1.807, 2.05) is 0 Å². The van der Waals surface area contributed by atoms with Gasteiger partial charge in [0, 0.05) is 18.2 Å². The molecule has 1 amide bonds. The summed E-state index contributed by atoms with van der Waals surface area (Å²) in [4.78, 5) is 26.7. The van der Waals surface area contributed by atoms with Gasteiger partial charge >= 0.3 is 5.97 Å². The van der Waals surface area contributed by atoms with Crippen LogP contribution < -0.4 is 11.1 Å². The van der Waals surface area contributed by atoms with Crippen LogP contribution in [-0.4, -0.2) is 28.0 Å². The summed E-state index contributed by atoms with van der Waals surface area (Å²) in [6.45, 7) is 0.242. The molecule has 2 atom stereocenters. The first kappa shape index (κ1) is 13.5. The Labute approximate surface area is 111 Å². The number of rotatable bonds is 4. The van der Waals surface area contributed by atoms with Crippen LogP contribution >= 0.6 is 0 Å². The van der Waals surface area contributed by atoms with Crippen LogP contribution in [0, 0.1) is 5.92 Å². The standard InChI is InChI=1S/C13H17N3O3/c14-10-2-1-8(5-10)12(17)16-7-11-6-9(13(18)19)3-4-15-11/h3-4,6,8,10H,1-2,5,7,14H2,(H,16,17)(H,18,19). The molecule has 4 N–H and O–H groups in total. The van der Waals surface area contributed by atoms with E-state index in [9.17, 15) is 9.59 Å². The Kier molecular flexibility index (Phi) is 4.11. The van der Waals surface area contributed by atoms with Crippen molar-refractivity contribution < 1.29 is 14.7 Å². The quantitative estimate of drug-likeness (QED) is 0.734. The zero-order chi connectivity index (χ0) is 13.8. The number of aromatic carboxylic acids is 1. The van der Waals surface area contributed by atoms with Crippen molar-refractivity contribution >= 4 is 11.9 Å². The van der Waals surface area contributed by atoms with E-state index in [1.54, 1.807) is 0 Å². The van der Waals surface area contributed by atoms with E-state index in [-0.39, 0.29) is 30.0 Å². The topological polar surface area (TPSA) is 105 Å². The van der Waals surface area contributed by atoms with Gasteiger partial charge in [-0.2, -0.15) is 0 Å². The van der Waals surface area contributed by atoms with Gasteiger partial charge in [0.1, 0.15) is 0 Å². The molecular weight excluding hydrogens is 246 g/mol. The summed E-state index contributed by atoms with van der Waals surface area (Å²) in [7, 11) is 0. The molecule has 102 valence electrons. The highest BCUT2D eigenvalue weighted by atomic mass is 16.4. The average Bonchev–Trinajstić information content (AvgIpc) is 2.83. The third-order valence-corrected chi connectivity index (χ3v) is 3.35. The van der Waals surface area contributed by atoms with Gasteiger partial charge in [-0.15, -0.1) is 0 Å². The maximum absolute atomic E-state index is 11.9. The first-order chi connectivity index (χ1) is 9.06. The minimum absolute atomic E-state index is 0.0299. The number of amides is 1. The Hall–Kier alpha value is -1.95. The number of carbonyl (C=O) groups is 2. The average molecular weight is 263 g/mol. The summed E-state index contributed by atoms with van der Waals surface area (Å²) in [5.74, 6) is -1.06. The van der Waals surface area contributed by atoms with Crippen molar-refractivity contribution in [3.63, 3.8) is 0 Å². The second-order valence-corrected chi connectivity index (χ2v) is 4.83. The smallest absolute Gasteiger partial charge is 0.335 e. The van der Waals surface area contributed by atoms with Crippen LogP contribution in [0.3, 0.4) is 0 Å². The Balaban J connectivity index is 1.90. The Morgan fingerprint density at radius 2 is 2.26 bits per heavy atom. The Morgan fingerprint density at radius 3 is 2.89 bits per heavy atom. The Morgan fingerprint density at radius 1 is 1.47 bits per heavy atom. The van der Waals surface area contributed by atoms with Gasteiger partial charge in [0.05, 0.1) is 17.8 Å². The summed E-state index contributed by atoms with van der Waals surface area (Å²) >= 11 is 0. The second-order valence-electron chi connectivity index (χ2n) is 4.83. The molecule has 2 rings (SSSR count). The van der Waals surface area contributed by atoms with Gasteiger partial charge in [0.2, 0.25) is 5.91 Å². The lowest BCUT2D eigenvalue weighted by atomic mass is 10.1. The lowest BCUT2D eigenvalue weighted by Crippen LogP contribution is -2.30. The number of nitrogens with zero attached hydrogens (tertiary/aromatic N) is 1. The maximum atomic E-state index is 11.9. The predicted octanol–water partition coefficient (Wildman–Crippen LogP) is 0.523. The number of hydrogen-bond donors (Lipinski definition) is 3. The molecule has 0 bridgehead atoms. The summed E-state index contributed by atoms with van der Waals surface area (Å²) in [5, 5.41) is 11.6. The highest BCUT2D eigenvalue weighted by Gasteiger charge is 2.27. The molecule has 0 aromatic carbocycles. The van der Waals surface area contributed by atoms with Crippen LogP contribution in [0.4, 0.5) is 0 Å². The minimum Gasteiger partial charge on any atom is -0.478 e. The third-order valence-electron chi connectivity index (χ3n) is 3.35. The van der Waals surface area contributed by atoms with Gasteiger partial charge in [0.15, 0.2) is 0 Å². The van der Waals surface area contributed by atoms with E-state index in [0.717, 1.165) is 12.8 Å². The van der Waals surface area contributed by atoms with Crippen LogP contribution in [0.5, 0.6) is 0 Å². The molecule has 0 aliphatic heterocycles. The molecule has 1 fully saturated rings. The number of carboxylic acids is 1. The Bertz CT molecular complexity index is 490. The van der Waals surface area contributed by atoms with Crippen molar-refractivity contribution in [2.75, 3.05) is 0 Å². The molecule has 2 unspecified atom stereocenters. The van der Waals surface area contributed by atoms with Crippen LogP contribution in [0.2, 0.25) is 0 Å². The fourth-order valence-corrected chi connectivity index (χ4v) is 2.28. The van der Waals surface area contributed by atoms with Gasteiger partial charge < -0.3 is 16.2 Å². The normalized spacial score (nSPS) is 22.2. The zero-order valence-electron chi connectivity index (χ0n) is 10.5. The van der Waals surface area contributed by atoms with Gasteiger partial charge in [-0.25, -0.2) is 4.79 Å². The van der Waals surface area contributed by atoms with Gasteiger partial charge in [0.25, 0.3) is 0 Å². The molecule has 1 aromatic heterocycles. The molecule has 1 saturated carbocycles. The predicted molar refractivity (Wildman–Crippen MR) is 68.4 cm³/mol. The SMILES string of the molecule is NC1CCC(C(=O)NCc2cc(C(=O)O)ccn2)C1. The van der Waals surface area contributed by atoms with Gasteiger partial charge in [-0.3, -0.25) is 9.78 Å². The van der Waals surface area contributed by atoms with Crippen molar-refractivity contribution in [1.82, 2.24) is 10.3 Å². The molecule has 1 heterocycles. The third kappa shape index (κ3) is 3.51. The highest BCUT2D eigenvalue weighted by molar-refractivity contribution is 5.87. The van der Waals surface area contributed by atoms with E-state index in [0.29, 0.717) is 12.1 Å². The highest BCUT2D eigenvalue weighted by Crippen LogP contribution is 2.24. The number of carbonyl (C=O) groups excluding carboxylic acids is 1. The van der Waals surface area contributed by atoms with E-state index < -0.39 is 5.97 Å². The van der Waals surface area contributed by atoms with E-state index in [2.05, 4.69) is 10.3 Å². The van der Waals surface area contributed by atoms with Gasteiger partial charge in [-0.1, -0.05) is 0 Å². The number of pyridine rings is 1. The molecule has 1 aliphatic carbocycles. The summed E-state index contributed by atoms with van der Waals surface area (Å²) < 4.78 is 0. The first-order valence-corrected chi connectivity index (χ1v) is 6.28. The second kappa shape index (κ2) is 5.79. The number of carboxylic acid groups (broad SMARTS) is 1. The fraction of sp³-hybridized carbons (Fsp3) is 0.462. The minimum atomic E-state index is -1.00. The molecule has 1 aliphatic rings. The maximum Gasteiger partial charge on any atom is 0.335 e. The van der Waals surface area contributed by atoms with Crippen LogP contribution in [0.25, 0.3) is 0 Å². The zero-order valence-corrected chi connectivity index (χ0v) is 10.5. The summed E-state index contributed by atoms with van der Waals surface area (Å²) in [6.07, 6.45) is 3.84. The summed E-state index contributed by atoms with van der Waals surface area (Å²) in [5.41, 5.74) is 6.47. The lowest BCUT2D eigenvalue weighted by Gasteiger charge is -2.10. The first-order valence-electron chi connectivity index (χ1n) is 6.28. The van der Waals surface area contributed by atoms with Crippen molar-refractivity contribution in [3.05, 3.63) is 29.6 Å². The lowest BCUT2D eigenvalue weighted by molar-refractivity contribution is -0.125. The van der Waals surface area contributed by atoms with Crippen molar-refractivity contribution in [1.29, 1.82) is 0 Å². The summed E-state index contributed by atoms with van der Waals surface area (Å²) in [6, 6.07) is 3.00. The van der Waals surface area contributed by atoms with Crippen LogP contribution in [0.15, 0.2) is 18.3 Å². The molecular formula is C13H17N3O3. The molecule has 6 nitrogen and oxygen atoms in total. The van der Waals surface area contributed by atoms with Crippen molar-refractivity contribution in [2.24, 2.45) is 11.7 Å². The monoisotopic (exact) mass is 263 g/mol. The number of nitrogens with one attached hydrogen (secondary N) is 1. The largest absolute Gasteiger partial charge is 0.478 e. The molecule has 0 radical (unpaired) electrons. The van der Waals surface area contributed by atoms with E-state index in [4.69, 9.17) is 10.8 Å². The van der Waals surface area contributed by atoms with Crippen molar-refractivity contribution in [2.45, 2.75) is 31.8 Å². The number of nitrogens with two attached hydrogens (primary N) is 1. The van der Waals surface area contributed by atoms with Crippen LogP contribution in [0.1, 0.15) is 35.3 Å². The fourth-order valence-electron chi connectivity index (χ4n) is 2.28. The molecule has 6 heteroatoms. The van der Waals surface area contributed by atoms with E-state index in [1.165, 1.54) is 18.3 Å². The van der Waals surface area contributed by atoms with E-state index >= 15 is 0 Å². The van der Waals surface area contributed by atoms with Crippen LogP contribution in [-0.2, 0) is 11.3 Å². The number of aromatic nitrogens is 1.